The molecule has 0 aromatic heterocycles. The topological polar surface area (TPSA) is 74.6 Å². The minimum absolute atomic E-state index is 0.187. The first-order valence-corrected chi connectivity index (χ1v) is 10.8. The van der Waals surface area contributed by atoms with Gasteiger partial charge >= 0.3 is 5.97 Å². The van der Waals surface area contributed by atoms with E-state index in [-0.39, 0.29) is 17.1 Å². The Hall–Kier alpha value is -1.68. The van der Waals surface area contributed by atoms with Crippen molar-refractivity contribution in [1.29, 1.82) is 0 Å². The quantitative estimate of drug-likeness (QED) is 0.576. The first kappa shape index (κ1) is 18.4. The molecule has 2 N–H and O–H groups in total. The lowest BCUT2D eigenvalue weighted by Gasteiger charge is -2.58. The lowest BCUT2D eigenvalue weighted by Crippen LogP contribution is -2.56. The fourth-order valence-corrected chi connectivity index (χ4v) is 8.07. The number of aliphatic carboxylic acids is 1. The molecule has 0 aromatic rings. The van der Waals surface area contributed by atoms with Crippen LogP contribution in [0.4, 0.5) is 0 Å². The van der Waals surface area contributed by atoms with Gasteiger partial charge in [-0.1, -0.05) is 18.6 Å². The van der Waals surface area contributed by atoms with E-state index in [1.54, 1.807) is 6.08 Å². The van der Waals surface area contributed by atoms with Gasteiger partial charge in [0.05, 0.1) is 5.60 Å². The summed E-state index contributed by atoms with van der Waals surface area (Å²) in [5.41, 5.74) is 0.0360. The zero-order chi connectivity index (χ0) is 19.8. The molecule has 0 amide bonds. The summed E-state index contributed by atoms with van der Waals surface area (Å²) in [7, 11) is 0. The van der Waals surface area contributed by atoms with Crippen LogP contribution in [0.15, 0.2) is 36.5 Å². The van der Waals surface area contributed by atoms with E-state index in [1.165, 1.54) is 5.57 Å². The maximum absolute atomic E-state index is 12.0. The molecule has 5 aliphatic carbocycles. The summed E-state index contributed by atoms with van der Waals surface area (Å²) >= 11 is 0. The normalized spacial score (nSPS) is 51.6. The molecule has 0 bridgehead atoms. The van der Waals surface area contributed by atoms with Gasteiger partial charge in [-0.2, -0.15) is 0 Å². The van der Waals surface area contributed by atoms with Gasteiger partial charge in [0.15, 0.2) is 5.78 Å². The van der Waals surface area contributed by atoms with E-state index in [4.69, 9.17) is 5.11 Å². The van der Waals surface area contributed by atoms with Crippen LogP contribution in [0.5, 0.6) is 0 Å². The van der Waals surface area contributed by atoms with Crippen LogP contribution in [-0.2, 0) is 9.59 Å². The molecular formula is C24H30O4. The standard InChI is InChI=1S/C24H30O4/c1-3-13-10-14-11-15(25)4-5-16(14)17-6-8-23(2)22(21(13)17)18-12-19(18)24(23,28)9-7-20(26)27/h3,7,9,11,13,16-19,21-22,28H,1,4-6,8,10,12H2,2H3,(H,26,27)/b9-7-/t13-,16+,17-,18+,19-,21-,22+,23+,24+/m1/s1. The van der Waals surface area contributed by atoms with Crippen LogP contribution < -0.4 is 0 Å². The number of rotatable bonds is 3. The fraction of sp³-hybridized carbons (Fsp3) is 0.667. The molecule has 4 nitrogen and oxygen atoms in total. The van der Waals surface area contributed by atoms with E-state index in [0.29, 0.717) is 41.9 Å². The predicted octanol–water partition coefficient (Wildman–Crippen LogP) is 3.77. The smallest absolute Gasteiger partial charge is 0.328 e. The van der Waals surface area contributed by atoms with Crippen molar-refractivity contribution in [2.75, 3.05) is 0 Å². The Kier molecular flexibility index (Phi) is 3.88. The molecular weight excluding hydrogens is 352 g/mol. The molecule has 9 atom stereocenters. The number of hydrogen-bond donors (Lipinski definition) is 2. The number of hydrogen-bond acceptors (Lipinski definition) is 3. The van der Waals surface area contributed by atoms with Crippen LogP contribution in [0, 0.1) is 46.8 Å². The third kappa shape index (κ3) is 2.27. The Morgan fingerprint density at radius 2 is 2.11 bits per heavy atom. The highest BCUT2D eigenvalue weighted by Gasteiger charge is 2.75. The van der Waals surface area contributed by atoms with Crippen molar-refractivity contribution < 1.29 is 19.8 Å². The number of carbonyl (C=O) groups excluding carboxylic acids is 1. The fourth-order valence-electron chi connectivity index (χ4n) is 8.07. The molecule has 0 aromatic carbocycles. The third-order valence-corrected chi connectivity index (χ3v) is 9.21. The first-order chi connectivity index (χ1) is 13.3. The molecule has 0 aliphatic heterocycles. The first-order valence-electron chi connectivity index (χ1n) is 10.8. The number of carbonyl (C=O) groups is 2. The van der Waals surface area contributed by atoms with Crippen LogP contribution in [-0.4, -0.2) is 27.6 Å². The zero-order valence-electron chi connectivity index (χ0n) is 16.5. The summed E-state index contributed by atoms with van der Waals surface area (Å²) < 4.78 is 0. The molecule has 4 heteroatoms. The Morgan fingerprint density at radius 1 is 1.32 bits per heavy atom. The van der Waals surface area contributed by atoms with Crippen molar-refractivity contribution in [3.63, 3.8) is 0 Å². The summed E-state index contributed by atoms with van der Waals surface area (Å²) in [4.78, 5) is 23.1. The second-order valence-corrected chi connectivity index (χ2v) is 10.2. The molecule has 0 radical (unpaired) electrons. The molecule has 4 fully saturated rings. The van der Waals surface area contributed by atoms with Crippen LogP contribution in [0.2, 0.25) is 0 Å². The predicted molar refractivity (Wildman–Crippen MR) is 105 cm³/mol. The van der Waals surface area contributed by atoms with Gasteiger partial charge in [-0.25, -0.2) is 4.79 Å². The van der Waals surface area contributed by atoms with E-state index < -0.39 is 11.6 Å². The monoisotopic (exact) mass is 382 g/mol. The second-order valence-electron chi connectivity index (χ2n) is 10.2. The minimum atomic E-state index is -1.02. The van der Waals surface area contributed by atoms with E-state index in [2.05, 4.69) is 19.6 Å². The van der Waals surface area contributed by atoms with Crippen molar-refractivity contribution in [2.45, 2.75) is 51.0 Å². The Bertz CT molecular complexity index is 809. The molecule has 0 unspecified atom stereocenters. The average Bonchev–Trinajstić information content (AvgIpc) is 3.42. The lowest BCUT2D eigenvalue weighted by molar-refractivity contribution is -0.133. The largest absolute Gasteiger partial charge is 0.478 e. The number of carboxylic acids is 1. The van der Waals surface area contributed by atoms with E-state index in [1.807, 2.05) is 6.08 Å². The highest BCUT2D eigenvalue weighted by atomic mass is 16.4. The maximum atomic E-state index is 12.0. The molecule has 0 heterocycles. The Balaban J connectivity index is 1.54. The average molecular weight is 383 g/mol. The van der Waals surface area contributed by atoms with Crippen LogP contribution in [0.3, 0.4) is 0 Å². The van der Waals surface area contributed by atoms with Gasteiger partial charge in [0.1, 0.15) is 0 Å². The minimum Gasteiger partial charge on any atom is -0.478 e. The van der Waals surface area contributed by atoms with Gasteiger partial charge in [-0.15, -0.1) is 6.58 Å². The van der Waals surface area contributed by atoms with E-state index in [9.17, 15) is 14.7 Å². The van der Waals surface area contributed by atoms with Crippen LogP contribution in [0.25, 0.3) is 0 Å². The number of allylic oxidation sites excluding steroid dienone is 2. The Labute approximate surface area is 166 Å². The number of aliphatic hydroxyl groups is 1. The molecule has 28 heavy (non-hydrogen) atoms. The van der Waals surface area contributed by atoms with Gasteiger partial charge in [0.25, 0.3) is 0 Å². The zero-order valence-corrected chi connectivity index (χ0v) is 16.5. The highest BCUT2D eigenvalue weighted by Crippen LogP contribution is 2.76. The van der Waals surface area contributed by atoms with E-state index in [0.717, 1.165) is 38.2 Å². The summed E-state index contributed by atoms with van der Waals surface area (Å²) in [5, 5.41) is 20.8. The molecule has 0 saturated heterocycles. The van der Waals surface area contributed by atoms with Gasteiger partial charge in [-0.05, 0) is 85.7 Å². The molecule has 5 aliphatic rings. The molecule has 4 saturated carbocycles. The Morgan fingerprint density at radius 3 is 2.82 bits per heavy atom. The highest BCUT2D eigenvalue weighted by molar-refractivity contribution is 5.91. The van der Waals surface area contributed by atoms with Gasteiger partial charge in [0, 0.05) is 17.9 Å². The summed E-state index contributed by atoms with van der Waals surface area (Å²) in [6, 6.07) is 0. The summed E-state index contributed by atoms with van der Waals surface area (Å²) in [5.74, 6) is 2.24. The third-order valence-electron chi connectivity index (χ3n) is 9.21. The van der Waals surface area contributed by atoms with Gasteiger partial charge < -0.3 is 10.2 Å². The van der Waals surface area contributed by atoms with Crippen LogP contribution in [0.1, 0.15) is 45.4 Å². The number of fused-ring (bicyclic) bond motifs is 7. The maximum Gasteiger partial charge on any atom is 0.328 e. The second kappa shape index (κ2) is 5.91. The van der Waals surface area contributed by atoms with Gasteiger partial charge in [-0.3, -0.25) is 4.79 Å². The number of carboxylic acid groups (broad SMARTS) is 1. The van der Waals surface area contributed by atoms with Crippen molar-refractivity contribution in [1.82, 2.24) is 0 Å². The van der Waals surface area contributed by atoms with Crippen molar-refractivity contribution in [3.05, 3.63) is 36.5 Å². The molecule has 5 rings (SSSR count). The van der Waals surface area contributed by atoms with Gasteiger partial charge in [0.2, 0.25) is 0 Å². The lowest BCUT2D eigenvalue weighted by atomic mass is 9.47. The van der Waals surface area contributed by atoms with E-state index >= 15 is 0 Å². The van der Waals surface area contributed by atoms with Crippen molar-refractivity contribution in [2.24, 2.45) is 46.8 Å². The SMILES string of the molecule is C=C[C@@H]1CC2=CC(=O)CC[C@@H]2[C@H]2CC[C@@]3(C)[C@@H]([C@H]4C[C@H]4[C@@]3(O)/C=C\C(=O)O)[C@@H]21. The van der Waals surface area contributed by atoms with Crippen molar-refractivity contribution >= 4 is 11.8 Å². The molecule has 0 spiro atoms. The van der Waals surface area contributed by atoms with Crippen LogP contribution >= 0.6 is 0 Å². The summed E-state index contributed by atoms with van der Waals surface area (Å²) in [6.45, 7) is 6.33. The summed E-state index contributed by atoms with van der Waals surface area (Å²) in [6.07, 6.45) is 12.3. The molecule has 150 valence electrons. The number of ketones is 1. The van der Waals surface area contributed by atoms with Crippen molar-refractivity contribution in [3.8, 4) is 0 Å².